The normalized spacial score (nSPS) is 12.9. The summed E-state index contributed by atoms with van der Waals surface area (Å²) in [6, 6.07) is -1.44. The summed E-state index contributed by atoms with van der Waals surface area (Å²) in [6.45, 7) is 1.69. The van der Waals surface area contributed by atoms with Crippen molar-refractivity contribution in [2.45, 2.75) is 13.0 Å². The Morgan fingerprint density at radius 2 is 1.89 bits per heavy atom. The van der Waals surface area contributed by atoms with Gasteiger partial charge in [0, 0.05) is 14.0 Å². The Bertz CT molecular complexity index is 393. The Labute approximate surface area is 112 Å². The van der Waals surface area contributed by atoms with E-state index in [0.29, 0.717) is 6.61 Å². The van der Waals surface area contributed by atoms with Gasteiger partial charge in [-0.3, -0.25) is 4.79 Å². The third-order valence-corrected chi connectivity index (χ3v) is 3.70. The minimum atomic E-state index is -3.62. The number of hydrogen-bond acceptors (Lipinski definition) is 6. The second-order valence-electron chi connectivity index (χ2n) is 3.81. The smallest absolute Gasteiger partial charge is 0.327 e. The van der Waals surface area contributed by atoms with Gasteiger partial charge in [0.25, 0.3) is 0 Å². The van der Waals surface area contributed by atoms with Crippen molar-refractivity contribution >= 4 is 21.7 Å². The first kappa shape index (κ1) is 17.8. The largest absolute Gasteiger partial charge is 0.480 e. The summed E-state index contributed by atoms with van der Waals surface area (Å²) < 4.78 is 33.0. The van der Waals surface area contributed by atoms with Crippen molar-refractivity contribution in [3.8, 4) is 0 Å². The number of methoxy groups -OCH3 is 1. The van der Waals surface area contributed by atoms with E-state index in [4.69, 9.17) is 14.6 Å². The van der Waals surface area contributed by atoms with Crippen molar-refractivity contribution in [3.05, 3.63) is 0 Å². The van der Waals surface area contributed by atoms with Gasteiger partial charge in [-0.1, -0.05) is 0 Å². The summed E-state index contributed by atoms with van der Waals surface area (Å²) in [6.07, 6.45) is 0. The van der Waals surface area contributed by atoms with Crippen LogP contribution in [0.3, 0.4) is 0 Å². The van der Waals surface area contributed by atoms with E-state index >= 15 is 0 Å². The molecule has 0 saturated heterocycles. The number of amides is 1. The maximum Gasteiger partial charge on any atom is 0.327 e. The summed E-state index contributed by atoms with van der Waals surface area (Å²) in [7, 11) is -2.13. The van der Waals surface area contributed by atoms with Gasteiger partial charge in [0.15, 0.2) is 9.84 Å². The number of carbonyl (C=O) groups is 2. The number of ether oxygens (including phenoxy) is 2. The quantitative estimate of drug-likeness (QED) is 0.479. The van der Waals surface area contributed by atoms with Crippen LogP contribution in [0.2, 0.25) is 0 Å². The van der Waals surface area contributed by atoms with Crippen LogP contribution in [0, 0.1) is 0 Å². The SMILES string of the molecule is COCCOCCS(=O)(=O)CC(NC(C)=O)C(=O)O. The van der Waals surface area contributed by atoms with E-state index in [0.717, 1.165) is 6.92 Å². The van der Waals surface area contributed by atoms with Crippen molar-refractivity contribution in [2.24, 2.45) is 0 Å². The Morgan fingerprint density at radius 1 is 1.26 bits per heavy atom. The number of carboxylic acids is 1. The molecule has 112 valence electrons. The van der Waals surface area contributed by atoms with Crippen LogP contribution in [0.25, 0.3) is 0 Å². The third kappa shape index (κ3) is 9.40. The zero-order valence-corrected chi connectivity index (χ0v) is 11.7. The number of rotatable bonds is 10. The molecule has 1 unspecified atom stereocenters. The molecule has 0 aliphatic rings. The lowest BCUT2D eigenvalue weighted by Crippen LogP contribution is -2.45. The van der Waals surface area contributed by atoms with E-state index in [2.05, 4.69) is 5.32 Å². The zero-order valence-electron chi connectivity index (χ0n) is 10.9. The average molecular weight is 297 g/mol. The van der Waals surface area contributed by atoms with E-state index in [1.807, 2.05) is 0 Å². The van der Waals surface area contributed by atoms with Gasteiger partial charge in [0.1, 0.15) is 6.04 Å². The molecule has 0 fully saturated rings. The molecular formula is C10H19NO7S. The molecule has 0 saturated carbocycles. The lowest BCUT2D eigenvalue weighted by atomic mass is 10.3. The Morgan fingerprint density at radius 3 is 2.37 bits per heavy atom. The molecule has 0 aromatic heterocycles. The highest BCUT2D eigenvalue weighted by Crippen LogP contribution is 1.97. The van der Waals surface area contributed by atoms with E-state index in [-0.39, 0.29) is 19.0 Å². The second-order valence-corrected chi connectivity index (χ2v) is 6.04. The van der Waals surface area contributed by atoms with E-state index in [9.17, 15) is 18.0 Å². The van der Waals surface area contributed by atoms with Gasteiger partial charge in [-0.15, -0.1) is 0 Å². The number of aliphatic carboxylic acids is 1. The fourth-order valence-electron chi connectivity index (χ4n) is 1.19. The highest BCUT2D eigenvalue weighted by Gasteiger charge is 2.25. The van der Waals surface area contributed by atoms with Crippen molar-refractivity contribution in [1.29, 1.82) is 0 Å². The van der Waals surface area contributed by atoms with Crippen molar-refractivity contribution < 1.29 is 32.6 Å². The topological polar surface area (TPSA) is 119 Å². The number of carboxylic acid groups (broad SMARTS) is 1. The highest BCUT2D eigenvalue weighted by atomic mass is 32.2. The van der Waals surface area contributed by atoms with Gasteiger partial charge >= 0.3 is 5.97 Å². The molecule has 0 radical (unpaired) electrons. The monoisotopic (exact) mass is 297 g/mol. The third-order valence-electron chi connectivity index (χ3n) is 2.07. The van der Waals surface area contributed by atoms with Crippen molar-refractivity contribution in [2.75, 3.05) is 38.4 Å². The molecule has 8 nitrogen and oxygen atoms in total. The summed E-state index contributed by atoms with van der Waals surface area (Å²) in [5, 5.41) is 10.9. The summed E-state index contributed by atoms with van der Waals surface area (Å²) >= 11 is 0. The average Bonchev–Trinajstić information content (AvgIpc) is 2.26. The van der Waals surface area contributed by atoms with E-state index in [1.165, 1.54) is 7.11 Å². The van der Waals surface area contributed by atoms with Crippen LogP contribution >= 0.6 is 0 Å². The number of nitrogens with one attached hydrogen (secondary N) is 1. The van der Waals surface area contributed by atoms with Crippen molar-refractivity contribution in [3.63, 3.8) is 0 Å². The predicted molar refractivity (Wildman–Crippen MR) is 66.6 cm³/mol. The van der Waals surface area contributed by atoms with Gasteiger partial charge < -0.3 is 19.9 Å². The molecular weight excluding hydrogens is 278 g/mol. The number of carbonyl (C=O) groups excluding carboxylic acids is 1. The molecule has 1 atom stereocenters. The van der Waals surface area contributed by atoms with Crippen LogP contribution in [-0.2, 0) is 28.9 Å². The van der Waals surface area contributed by atoms with Crippen LogP contribution < -0.4 is 5.32 Å². The second kappa shape index (κ2) is 8.83. The summed E-state index contributed by atoms with van der Waals surface area (Å²) in [5.41, 5.74) is 0. The maximum absolute atomic E-state index is 11.6. The zero-order chi connectivity index (χ0) is 14.9. The van der Waals surface area contributed by atoms with Crippen molar-refractivity contribution in [1.82, 2.24) is 5.32 Å². The molecule has 1 amide bonds. The van der Waals surface area contributed by atoms with Gasteiger partial charge in [0.2, 0.25) is 5.91 Å². The summed E-state index contributed by atoms with van der Waals surface area (Å²) in [4.78, 5) is 21.6. The molecule has 0 bridgehead atoms. The molecule has 0 spiro atoms. The first-order valence-corrected chi connectivity index (χ1v) is 7.37. The molecule has 0 rings (SSSR count). The van der Waals surface area contributed by atoms with Gasteiger partial charge in [-0.2, -0.15) is 0 Å². The minimum Gasteiger partial charge on any atom is -0.480 e. The summed E-state index contributed by atoms with van der Waals surface area (Å²) in [5.74, 6) is -2.95. The molecule has 2 N–H and O–H groups in total. The molecule has 9 heteroatoms. The molecule has 19 heavy (non-hydrogen) atoms. The fraction of sp³-hybridized carbons (Fsp3) is 0.800. The molecule has 0 aromatic carbocycles. The van der Waals surface area contributed by atoms with E-state index in [1.54, 1.807) is 0 Å². The molecule has 0 aromatic rings. The number of hydrogen-bond donors (Lipinski definition) is 2. The minimum absolute atomic E-state index is 0.0435. The first-order chi connectivity index (χ1) is 8.78. The molecule has 0 aliphatic carbocycles. The van der Waals surface area contributed by atoms with Crippen LogP contribution in [-0.4, -0.2) is 69.9 Å². The van der Waals surface area contributed by atoms with Gasteiger partial charge in [-0.05, 0) is 0 Å². The van der Waals surface area contributed by atoms with Crippen LogP contribution in [0.5, 0.6) is 0 Å². The first-order valence-electron chi connectivity index (χ1n) is 5.55. The molecule has 0 heterocycles. The van der Waals surface area contributed by atoms with Gasteiger partial charge in [0.05, 0.1) is 31.3 Å². The van der Waals surface area contributed by atoms with Crippen LogP contribution in [0.15, 0.2) is 0 Å². The lowest BCUT2D eigenvalue weighted by Gasteiger charge is -2.13. The maximum atomic E-state index is 11.6. The number of sulfone groups is 1. The Kier molecular flexibility index (Phi) is 8.28. The molecule has 0 aliphatic heterocycles. The predicted octanol–water partition coefficient (Wildman–Crippen LogP) is -1.35. The highest BCUT2D eigenvalue weighted by molar-refractivity contribution is 7.91. The standard InChI is InChI=1S/C10H19NO7S/c1-8(12)11-9(10(13)14)7-19(15,16)6-5-18-4-3-17-2/h9H,3-7H2,1-2H3,(H,11,12)(H,13,14). The van der Waals surface area contributed by atoms with Crippen LogP contribution in [0.1, 0.15) is 6.92 Å². The fourth-order valence-corrected chi connectivity index (χ4v) is 2.46. The Hall–Kier alpha value is -1.19. The van der Waals surface area contributed by atoms with Crippen LogP contribution in [0.4, 0.5) is 0 Å². The Balaban J connectivity index is 4.24. The lowest BCUT2D eigenvalue weighted by molar-refractivity contribution is -0.140. The van der Waals surface area contributed by atoms with Gasteiger partial charge in [-0.25, -0.2) is 13.2 Å². The van der Waals surface area contributed by atoms with E-state index < -0.39 is 33.5 Å².